The molecule has 4 rings (SSSR count). The SMILES string of the molecule is O=C1CC(C(=O)N2CCCC(N3CCNCC3=O)C2)c2ccc(F)cc2N1. The van der Waals surface area contributed by atoms with Crippen LogP contribution < -0.4 is 10.6 Å². The van der Waals surface area contributed by atoms with Gasteiger partial charge < -0.3 is 20.4 Å². The maximum absolute atomic E-state index is 13.5. The number of hydrogen-bond acceptors (Lipinski definition) is 4. The molecule has 27 heavy (non-hydrogen) atoms. The van der Waals surface area contributed by atoms with Crippen LogP contribution in [0.4, 0.5) is 10.1 Å². The highest BCUT2D eigenvalue weighted by Gasteiger charge is 2.37. The molecule has 144 valence electrons. The highest BCUT2D eigenvalue weighted by atomic mass is 19.1. The van der Waals surface area contributed by atoms with Crippen LogP contribution in [0.15, 0.2) is 18.2 Å². The number of anilines is 1. The first-order chi connectivity index (χ1) is 13.0. The molecular formula is C19H23FN4O3. The predicted molar refractivity (Wildman–Crippen MR) is 96.6 cm³/mol. The second-order valence-electron chi connectivity index (χ2n) is 7.38. The molecule has 3 aliphatic rings. The third kappa shape index (κ3) is 3.53. The molecule has 8 heteroatoms. The molecule has 0 saturated carbocycles. The third-order valence-electron chi connectivity index (χ3n) is 5.63. The van der Waals surface area contributed by atoms with E-state index in [1.807, 2.05) is 4.90 Å². The lowest BCUT2D eigenvalue weighted by atomic mass is 9.88. The van der Waals surface area contributed by atoms with Crippen LogP contribution in [-0.2, 0) is 14.4 Å². The van der Waals surface area contributed by atoms with Gasteiger partial charge in [-0.05, 0) is 30.5 Å². The van der Waals surface area contributed by atoms with E-state index in [1.54, 1.807) is 11.0 Å². The molecule has 3 aliphatic heterocycles. The van der Waals surface area contributed by atoms with Crippen molar-refractivity contribution in [2.75, 3.05) is 38.0 Å². The molecule has 1 aromatic carbocycles. The number of nitrogens with one attached hydrogen (secondary N) is 2. The Hall–Kier alpha value is -2.48. The van der Waals surface area contributed by atoms with Gasteiger partial charge in [0.1, 0.15) is 5.82 Å². The van der Waals surface area contributed by atoms with Crippen LogP contribution in [-0.4, -0.2) is 66.3 Å². The van der Waals surface area contributed by atoms with Crippen LogP contribution in [0.2, 0.25) is 0 Å². The van der Waals surface area contributed by atoms with Crippen molar-refractivity contribution in [1.82, 2.24) is 15.1 Å². The minimum atomic E-state index is -0.605. The minimum Gasteiger partial charge on any atom is -0.340 e. The van der Waals surface area contributed by atoms with Gasteiger partial charge in [0.05, 0.1) is 12.5 Å². The molecule has 0 bridgehead atoms. The van der Waals surface area contributed by atoms with Crippen molar-refractivity contribution in [3.63, 3.8) is 0 Å². The molecule has 2 fully saturated rings. The summed E-state index contributed by atoms with van der Waals surface area (Å²) in [5, 5.41) is 5.71. The van der Waals surface area contributed by atoms with Gasteiger partial charge in [0.25, 0.3) is 0 Å². The van der Waals surface area contributed by atoms with Crippen LogP contribution in [0, 0.1) is 5.82 Å². The Balaban J connectivity index is 1.52. The van der Waals surface area contributed by atoms with Crippen LogP contribution in [0.1, 0.15) is 30.7 Å². The summed E-state index contributed by atoms with van der Waals surface area (Å²) >= 11 is 0. The first-order valence-electron chi connectivity index (χ1n) is 9.41. The Bertz CT molecular complexity index is 784. The Morgan fingerprint density at radius 2 is 2.07 bits per heavy atom. The number of nitrogens with zero attached hydrogens (tertiary/aromatic N) is 2. The van der Waals surface area contributed by atoms with Crippen molar-refractivity contribution in [1.29, 1.82) is 0 Å². The molecule has 0 spiro atoms. The number of likely N-dealkylation sites (tertiary alicyclic amines) is 1. The zero-order valence-corrected chi connectivity index (χ0v) is 15.0. The maximum atomic E-state index is 13.5. The van der Waals surface area contributed by atoms with Gasteiger partial charge in [-0.2, -0.15) is 0 Å². The lowest BCUT2D eigenvalue weighted by molar-refractivity contribution is -0.141. The monoisotopic (exact) mass is 374 g/mol. The van der Waals surface area contributed by atoms with Gasteiger partial charge in [-0.15, -0.1) is 0 Å². The smallest absolute Gasteiger partial charge is 0.236 e. The molecule has 1 aromatic rings. The van der Waals surface area contributed by atoms with Crippen molar-refractivity contribution in [3.05, 3.63) is 29.6 Å². The Morgan fingerprint density at radius 1 is 1.22 bits per heavy atom. The van der Waals surface area contributed by atoms with Crippen molar-refractivity contribution in [3.8, 4) is 0 Å². The molecule has 2 N–H and O–H groups in total. The molecule has 7 nitrogen and oxygen atoms in total. The van der Waals surface area contributed by atoms with Crippen molar-refractivity contribution >= 4 is 23.4 Å². The fraction of sp³-hybridized carbons (Fsp3) is 0.526. The van der Waals surface area contributed by atoms with Crippen molar-refractivity contribution in [2.45, 2.75) is 31.2 Å². The van der Waals surface area contributed by atoms with Gasteiger partial charge in [0.15, 0.2) is 0 Å². The summed E-state index contributed by atoms with van der Waals surface area (Å²) in [5.41, 5.74) is 1.02. The first kappa shape index (κ1) is 17.9. The number of benzene rings is 1. The van der Waals surface area contributed by atoms with Gasteiger partial charge in [0.2, 0.25) is 17.7 Å². The van der Waals surface area contributed by atoms with Crippen LogP contribution in [0.3, 0.4) is 0 Å². The summed E-state index contributed by atoms with van der Waals surface area (Å²) in [6.45, 7) is 2.85. The number of fused-ring (bicyclic) bond motifs is 1. The van der Waals surface area contributed by atoms with E-state index in [0.717, 1.165) is 19.4 Å². The van der Waals surface area contributed by atoms with Crippen LogP contribution in [0.25, 0.3) is 0 Å². The van der Waals surface area contributed by atoms with E-state index in [2.05, 4.69) is 10.6 Å². The Kier molecular flexibility index (Phi) is 4.82. The summed E-state index contributed by atoms with van der Waals surface area (Å²) in [6, 6.07) is 4.16. The average Bonchev–Trinajstić information content (AvgIpc) is 2.67. The molecule has 3 heterocycles. The zero-order valence-electron chi connectivity index (χ0n) is 15.0. The second kappa shape index (κ2) is 7.26. The van der Waals surface area contributed by atoms with Gasteiger partial charge >= 0.3 is 0 Å². The maximum Gasteiger partial charge on any atom is 0.236 e. The van der Waals surface area contributed by atoms with Crippen molar-refractivity contribution in [2.24, 2.45) is 0 Å². The lowest BCUT2D eigenvalue weighted by Gasteiger charge is -2.42. The molecule has 3 amide bonds. The molecule has 0 radical (unpaired) electrons. The Labute approximate surface area is 156 Å². The van der Waals surface area contributed by atoms with Gasteiger partial charge in [-0.25, -0.2) is 4.39 Å². The summed E-state index contributed by atoms with van der Waals surface area (Å²) in [6.07, 6.45) is 1.76. The number of halogens is 1. The quantitative estimate of drug-likeness (QED) is 0.798. The van der Waals surface area contributed by atoms with E-state index in [0.29, 0.717) is 37.4 Å². The number of piperazine rings is 1. The molecule has 2 atom stereocenters. The van der Waals surface area contributed by atoms with Crippen LogP contribution in [0.5, 0.6) is 0 Å². The highest BCUT2D eigenvalue weighted by Crippen LogP contribution is 2.34. The number of hydrogen-bond donors (Lipinski definition) is 2. The normalized spacial score (nSPS) is 25.8. The van der Waals surface area contributed by atoms with E-state index >= 15 is 0 Å². The summed E-state index contributed by atoms with van der Waals surface area (Å²) < 4.78 is 13.5. The number of carbonyl (C=O) groups excluding carboxylic acids is 3. The Morgan fingerprint density at radius 3 is 2.89 bits per heavy atom. The van der Waals surface area contributed by atoms with Gasteiger partial charge in [-0.1, -0.05) is 6.07 Å². The van der Waals surface area contributed by atoms with Gasteiger partial charge in [0, 0.05) is 44.3 Å². The first-order valence-corrected chi connectivity index (χ1v) is 9.41. The van der Waals surface area contributed by atoms with E-state index < -0.39 is 11.7 Å². The van der Waals surface area contributed by atoms with Gasteiger partial charge in [-0.3, -0.25) is 14.4 Å². The number of piperidine rings is 1. The molecule has 0 aromatic heterocycles. The number of rotatable bonds is 2. The number of carbonyl (C=O) groups is 3. The highest BCUT2D eigenvalue weighted by molar-refractivity contribution is 6.01. The lowest BCUT2D eigenvalue weighted by Crippen LogP contribution is -2.58. The van der Waals surface area contributed by atoms with E-state index in [4.69, 9.17) is 0 Å². The summed E-state index contributed by atoms with van der Waals surface area (Å²) in [5.74, 6) is -1.38. The molecule has 2 saturated heterocycles. The molecule has 2 unspecified atom stereocenters. The average molecular weight is 374 g/mol. The summed E-state index contributed by atoms with van der Waals surface area (Å²) in [4.78, 5) is 41.0. The summed E-state index contributed by atoms with van der Waals surface area (Å²) in [7, 11) is 0. The van der Waals surface area contributed by atoms with E-state index in [1.165, 1.54) is 12.1 Å². The topological polar surface area (TPSA) is 81.8 Å². The molecular weight excluding hydrogens is 351 g/mol. The number of amides is 3. The fourth-order valence-corrected chi connectivity index (χ4v) is 4.29. The van der Waals surface area contributed by atoms with Crippen LogP contribution >= 0.6 is 0 Å². The minimum absolute atomic E-state index is 0.0161. The standard InChI is InChI=1S/C19H23FN4O3/c20-12-3-4-14-15(9-17(25)22-16(14)8-12)19(27)23-6-1-2-13(11-23)24-7-5-21-10-18(24)26/h3-4,8,13,15,21H,1-2,5-7,9-11H2,(H,22,25). The fourth-order valence-electron chi connectivity index (χ4n) is 4.29. The molecule has 0 aliphatic carbocycles. The van der Waals surface area contributed by atoms with Crippen molar-refractivity contribution < 1.29 is 18.8 Å². The third-order valence-corrected chi connectivity index (χ3v) is 5.63. The second-order valence-corrected chi connectivity index (χ2v) is 7.38. The predicted octanol–water partition coefficient (Wildman–Crippen LogP) is 0.674. The van der Waals surface area contributed by atoms with E-state index in [9.17, 15) is 18.8 Å². The largest absolute Gasteiger partial charge is 0.340 e. The van der Waals surface area contributed by atoms with E-state index in [-0.39, 0.29) is 30.2 Å². The zero-order chi connectivity index (χ0) is 19.0.